The molecule has 0 fully saturated rings. The minimum atomic E-state index is -0.499. The molecular weight excluding hydrogens is 307 g/mol. The van der Waals surface area contributed by atoms with Crippen molar-refractivity contribution in [1.29, 1.82) is 0 Å². The van der Waals surface area contributed by atoms with Crippen LogP contribution in [0.4, 0.5) is 5.82 Å². The number of aromatic nitrogens is 2. The molecule has 17 heavy (non-hydrogen) atoms. The van der Waals surface area contributed by atoms with Crippen LogP contribution in [0.1, 0.15) is 10.4 Å². The summed E-state index contributed by atoms with van der Waals surface area (Å²) in [5.41, 5.74) is 11.9. The lowest BCUT2D eigenvalue weighted by molar-refractivity contribution is 0.0999. The van der Waals surface area contributed by atoms with Crippen molar-refractivity contribution < 1.29 is 4.79 Å². The molecule has 1 amide bonds. The number of primary amides is 1. The summed E-state index contributed by atoms with van der Waals surface area (Å²) < 4.78 is 2.11. The third-order valence-electron chi connectivity index (χ3n) is 2.18. The van der Waals surface area contributed by atoms with Crippen LogP contribution in [-0.4, -0.2) is 15.7 Å². The number of anilines is 1. The molecule has 0 unspecified atom stereocenters. The van der Waals surface area contributed by atoms with E-state index in [4.69, 9.17) is 23.1 Å². The van der Waals surface area contributed by atoms with E-state index in [2.05, 4.69) is 21.0 Å². The van der Waals surface area contributed by atoms with Gasteiger partial charge in [0.15, 0.2) is 5.82 Å². The van der Waals surface area contributed by atoms with Crippen LogP contribution in [0.3, 0.4) is 0 Å². The predicted octanol–water partition coefficient (Wildman–Crippen LogP) is 1.97. The van der Waals surface area contributed by atoms with E-state index in [-0.39, 0.29) is 5.82 Å². The van der Waals surface area contributed by atoms with Crippen molar-refractivity contribution in [1.82, 2.24) is 9.78 Å². The lowest BCUT2D eigenvalue weighted by Gasteiger charge is -2.04. The highest BCUT2D eigenvalue weighted by atomic mass is 79.9. The topological polar surface area (TPSA) is 86.9 Å². The number of nitrogens with two attached hydrogens (primary N) is 2. The number of carbonyl (C=O) groups excluding carboxylic acids is 1. The normalized spacial score (nSPS) is 10.5. The Kier molecular flexibility index (Phi) is 3.08. The van der Waals surface area contributed by atoms with E-state index >= 15 is 0 Å². The summed E-state index contributed by atoms with van der Waals surface area (Å²) in [6, 6.07) is 5.02. The molecule has 2 rings (SSSR count). The molecule has 1 aromatic heterocycles. The lowest BCUT2D eigenvalue weighted by atomic mass is 10.2. The summed E-state index contributed by atoms with van der Waals surface area (Å²) in [6.45, 7) is 0. The molecule has 4 N–H and O–H groups in total. The number of benzene rings is 1. The fourth-order valence-electron chi connectivity index (χ4n) is 1.34. The van der Waals surface area contributed by atoms with Gasteiger partial charge in [0, 0.05) is 4.47 Å². The number of hydrogen-bond acceptors (Lipinski definition) is 3. The first kappa shape index (κ1) is 11.9. The number of halogens is 2. The molecule has 88 valence electrons. The molecule has 0 saturated heterocycles. The quantitative estimate of drug-likeness (QED) is 0.888. The Bertz CT molecular complexity index is 576. The summed E-state index contributed by atoms with van der Waals surface area (Å²) in [5.74, 6) is -0.247. The van der Waals surface area contributed by atoms with Gasteiger partial charge >= 0.3 is 0 Å². The third kappa shape index (κ3) is 2.27. The van der Waals surface area contributed by atoms with Crippen LogP contribution >= 0.6 is 27.5 Å². The monoisotopic (exact) mass is 314 g/mol. The molecule has 0 aliphatic heterocycles. The average Bonchev–Trinajstić information content (AvgIpc) is 2.58. The Morgan fingerprint density at radius 3 is 2.65 bits per heavy atom. The maximum absolute atomic E-state index is 11.1. The van der Waals surface area contributed by atoms with Crippen molar-refractivity contribution in [2.45, 2.75) is 0 Å². The number of nitrogen functional groups attached to an aromatic ring is 1. The second-order valence-electron chi connectivity index (χ2n) is 3.34. The van der Waals surface area contributed by atoms with E-state index < -0.39 is 5.91 Å². The van der Waals surface area contributed by atoms with Crippen molar-refractivity contribution in [2.24, 2.45) is 5.73 Å². The SMILES string of the molecule is NC(=O)c1ccc(-n2cc(Cl)c(N)n2)cc1Br. The van der Waals surface area contributed by atoms with Crippen LogP contribution < -0.4 is 11.5 Å². The van der Waals surface area contributed by atoms with Crippen LogP contribution in [0.15, 0.2) is 28.9 Å². The van der Waals surface area contributed by atoms with E-state index in [1.165, 1.54) is 4.68 Å². The molecule has 7 heteroatoms. The second kappa shape index (κ2) is 4.38. The molecule has 1 aromatic carbocycles. The minimum absolute atomic E-state index is 0.252. The summed E-state index contributed by atoms with van der Waals surface area (Å²) in [4.78, 5) is 11.1. The Hall–Kier alpha value is -1.53. The van der Waals surface area contributed by atoms with Gasteiger partial charge in [0.25, 0.3) is 0 Å². The van der Waals surface area contributed by atoms with Crippen LogP contribution in [0, 0.1) is 0 Å². The third-order valence-corrected chi connectivity index (χ3v) is 3.13. The maximum atomic E-state index is 11.1. The number of nitrogens with zero attached hydrogens (tertiary/aromatic N) is 2. The van der Waals surface area contributed by atoms with Gasteiger partial charge < -0.3 is 11.5 Å². The number of rotatable bonds is 2. The van der Waals surface area contributed by atoms with Crippen molar-refractivity contribution >= 4 is 39.3 Å². The van der Waals surface area contributed by atoms with Gasteiger partial charge in [-0.2, -0.15) is 0 Å². The molecule has 0 aliphatic carbocycles. The fraction of sp³-hybridized carbons (Fsp3) is 0. The summed E-state index contributed by atoms with van der Waals surface area (Å²) >= 11 is 9.07. The fourth-order valence-corrected chi connectivity index (χ4v) is 2.04. The highest BCUT2D eigenvalue weighted by Crippen LogP contribution is 2.23. The van der Waals surface area contributed by atoms with E-state index in [1.807, 2.05) is 0 Å². The smallest absolute Gasteiger partial charge is 0.249 e. The highest BCUT2D eigenvalue weighted by Gasteiger charge is 2.09. The van der Waals surface area contributed by atoms with Crippen molar-refractivity contribution in [3.63, 3.8) is 0 Å². The first-order chi connectivity index (χ1) is 7.99. The van der Waals surface area contributed by atoms with Gasteiger partial charge in [-0.05, 0) is 34.1 Å². The number of hydrogen-bond donors (Lipinski definition) is 2. The van der Waals surface area contributed by atoms with Crippen molar-refractivity contribution in [2.75, 3.05) is 5.73 Å². The Balaban J connectivity index is 2.47. The van der Waals surface area contributed by atoms with E-state index in [1.54, 1.807) is 24.4 Å². The van der Waals surface area contributed by atoms with Crippen molar-refractivity contribution in [3.8, 4) is 5.69 Å². The van der Waals surface area contributed by atoms with E-state index in [0.29, 0.717) is 15.1 Å². The van der Waals surface area contributed by atoms with Crippen LogP contribution in [0.5, 0.6) is 0 Å². The first-order valence-corrected chi connectivity index (χ1v) is 5.76. The second-order valence-corrected chi connectivity index (χ2v) is 4.60. The van der Waals surface area contributed by atoms with Gasteiger partial charge in [-0.1, -0.05) is 11.6 Å². The molecule has 0 radical (unpaired) electrons. The number of carbonyl (C=O) groups is 1. The summed E-state index contributed by atoms with van der Waals surface area (Å²) in [6.07, 6.45) is 1.59. The van der Waals surface area contributed by atoms with Gasteiger partial charge in [-0.25, -0.2) is 4.68 Å². The van der Waals surface area contributed by atoms with E-state index in [9.17, 15) is 4.79 Å². The molecule has 1 heterocycles. The molecule has 2 aromatic rings. The van der Waals surface area contributed by atoms with E-state index in [0.717, 1.165) is 5.69 Å². The molecule has 0 spiro atoms. The summed E-state index contributed by atoms with van der Waals surface area (Å²) in [7, 11) is 0. The maximum Gasteiger partial charge on any atom is 0.249 e. The Morgan fingerprint density at radius 2 is 2.18 bits per heavy atom. The Morgan fingerprint density at radius 1 is 1.47 bits per heavy atom. The molecule has 0 aliphatic rings. The lowest BCUT2D eigenvalue weighted by Crippen LogP contribution is -2.12. The minimum Gasteiger partial charge on any atom is -0.381 e. The first-order valence-electron chi connectivity index (χ1n) is 4.59. The van der Waals surface area contributed by atoms with Crippen molar-refractivity contribution in [3.05, 3.63) is 39.5 Å². The molecule has 5 nitrogen and oxygen atoms in total. The zero-order valence-corrected chi connectivity index (χ0v) is 10.9. The van der Waals surface area contributed by atoms with Crippen LogP contribution in [-0.2, 0) is 0 Å². The highest BCUT2D eigenvalue weighted by molar-refractivity contribution is 9.10. The Labute approximate surface area is 110 Å². The summed E-state index contributed by atoms with van der Waals surface area (Å²) in [5, 5.41) is 4.40. The van der Waals surface area contributed by atoms with Crippen LogP contribution in [0.2, 0.25) is 5.02 Å². The number of amides is 1. The van der Waals surface area contributed by atoms with Gasteiger partial charge in [-0.3, -0.25) is 4.79 Å². The molecule has 0 atom stereocenters. The predicted molar refractivity (Wildman–Crippen MR) is 69.2 cm³/mol. The molecular formula is C10H8BrClN4O. The molecule has 0 saturated carbocycles. The van der Waals surface area contributed by atoms with Gasteiger partial charge in [0.2, 0.25) is 5.91 Å². The van der Waals surface area contributed by atoms with Gasteiger partial charge in [-0.15, -0.1) is 5.10 Å². The average molecular weight is 316 g/mol. The zero-order valence-electron chi connectivity index (χ0n) is 8.52. The zero-order chi connectivity index (χ0) is 12.6. The van der Waals surface area contributed by atoms with Gasteiger partial charge in [0.1, 0.15) is 5.02 Å². The molecule has 0 bridgehead atoms. The largest absolute Gasteiger partial charge is 0.381 e. The van der Waals surface area contributed by atoms with Crippen LogP contribution in [0.25, 0.3) is 5.69 Å². The standard InChI is InChI=1S/C10H8BrClN4O/c11-7-3-5(1-2-6(7)10(14)17)16-4-8(12)9(13)15-16/h1-4H,(H2,13,15)(H2,14,17). The van der Waals surface area contributed by atoms with Gasteiger partial charge in [0.05, 0.1) is 17.4 Å².